The molecular weight excluding hydrogens is 241 g/mol. The first-order valence-electron chi connectivity index (χ1n) is 7.26. The predicted molar refractivity (Wildman–Crippen MR) is 73.7 cm³/mol. The molecule has 0 bridgehead atoms. The predicted octanol–water partition coefficient (Wildman–Crippen LogP) is 2.87. The lowest BCUT2D eigenvalue weighted by Crippen LogP contribution is -2.54. The maximum Gasteiger partial charge on any atom is 0.123 e. The minimum absolute atomic E-state index is 0.145. The van der Waals surface area contributed by atoms with Gasteiger partial charge in [0.1, 0.15) is 5.82 Å². The number of ether oxygens (including phenoxy) is 1. The molecule has 0 aromatic heterocycles. The molecule has 0 unspecified atom stereocenters. The number of halogens is 1. The van der Waals surface area contributed by atoms with Crippen LogP contribution in [0.3, 0.4) is 0 Å². The van der Waals surface area contributed by atoms with E-state index in [0.717, 1.165) is 13.2 Å². The Bertz CT molecular complexity index is 419. The SMILES string of the molecule is CNC1CCC(C2(c3ccc(F)cc3)COC2)CC1. The Morgan fingerprint density at radius 2 is 1.74 bits per heavy atom. The van der Waals surface area contributed by atoms with Crippen LogP contribution < -0.4 is 5.32 Å². The van der Waals surface area contributed by atoms with E-state index in [1.54, 1.807) is 12.1 Å². The molecule has 0 amide bonds. The zero-order valence-corrected chi connectivity index (χ0v) is 11.5. The molecule has 2 fully saturated rings. The fourth-order valence-corrected chi connectivity index (χ4v) is 3.68. The van der Waals surface area contributed by atoms with Crippen molar-refractivity contribution in [3.63, 3.8) is 0 Å². The van der Waals surface area contributed by atoms with Crippen LogP contribution >= 0.6 is 0 Å². The first kappa shape index (κ1) is 13.1. The van der Waals surface area contributed by atoms with Crippen molar-refractivity contribution < 1.29 is 9.13 Å². The molecule has 1 saturated heterocycles. The third kappa shape index (κ3) is 2.30. The highest BCUT2D eigenvalue weighted by molar-refractivity contribution is 5.30. The lowest BCUT2D eigenvalue weighted by atomic mass is 9.63. The highest BCUT2D eigenvalue weighted by Crippen LogP contribution is 2.45. The van der Waals surface area contributed by atoms with Crippen molar-refractivity contribution in [2.45, 2.75) is 37.1 Å². The second-order valence-corrected chi connectivity index (χ2v) is 5.99. The molecule has 1 aromatic carbocycles. The largest absolute Gasteiger partial charge is 0.379 e. The van der Waals surface area contributed by atoms with Crippen molar-refractivity contribution in [2.24, 2.45) is 5.92 Å². The molecule has 19 heavy (non-hydrogen) atoms. The van der Waals surface area contributed by atoms with Crippen LogP contribution in [0.15, 0.2) is 24.3 Å². The zero-order chi connectivity index (χ0) is 13.3. The molecule has 0 radical (unpaired) electrons. The summed E-state index contributed by atoms with van der Waals surface area (Å²) in [6.45, 7) is 1.60. The van der Waals surface area contributed by atoms with E-state index >= 15 is 0 Å². The second-order valence-electron chi connectivity index (χ2n) is 5.99. The maximum atomic E-state index is 13.1. The van der Waals surface area contributed by atoms with E-state index in [2.05, 4.69) is 5.32 Å². The van der Waals surface area contributed by atoms with Crippen LogP contribution in [-0.4, -0.2) is 26.3 Å². The Balaban J connectivity index is 1.78. The highest BCUT2D eigenvalue weighted by atomic mass is 19.1. The van der Waals surface area contributed by atoms with Gasteiger partial charge >= 0.3 is 0 Å². The lowest BCUT2D eigenvalue weighted by molar-refractivity contribution is -0.0988. The first-order valence-corrected chi connectivity index (χ1v) is 7.26. The van der Waals surface area contributed by atoms with Crippen molar-refractivity contribution in [1.29, 1.82) is 0 Å². The Morgan fingerprint density at radius 1 is 1.11 bits per heavy atom. The summed E-state index contributed by atoms with van der Waals surface area (Å²) in [5.41, 5.74) is 1.40. The molecule has 3 rings (SSSR count). The van der Waals surface area contributed by atoms with Gasteiger partial charge in [-0.25, -0.2) is 4.39 Å². The summed E-state index contributed by atoms with van der Waals surface area (Å²) >= 11 is 0. The molecular formula is C16H22FNO. The fraction of sp³-hybridized carbons (Fsp3) is 0.625. The van der Waals surface area contributed by atoms with Crippen LogP contribution in [0.4, 0.5) is 4.39 Å². The Kier molecular flexibility index (Phi) is 3.59. The molecule has 1 aliphatic heterocycles. The van der Waals surface area contributed by atoms with E-state index in [4.69, 9.17) is 4.74 Å². The van der Waals surface area contributed by atoms with Crippen LogP contribution in [0.2, 0.25) is 0 Å². The summed E-state index contributed by atoms with van der Waals surface area (Å²) < 4.78 is 18.6. The van der Waals surface area contributed by atoms with Crippen LogP contribution in [0.1, 0.15) is 31.2 Å². The average Bonchev–Trinajstić information content (AvgIpc) is 2.40. The van der Waals surface area contributed by atoms with Crippen LogP contribution in [0.25, 0.3) is 0 Å². The average molecular weight is 263 g/mol. The van der Waals surface area contributed by atoms with Crippen molar-refractivity contribution >= 4 is 0 Å². The van der Waals surface area contributed by atoms with Gasteiger partial charge in [0, 0.05) is 11.5 Å². The van der Waals surface area contributed by atoms with E-state index in [1.165, 1.54) is 31.2 Å². The van der Waals surface area contributed by atoms with E-state index in [9.17, 15) is 4.39 Å². The summed E-state index contributed by atoms with van der Waals surface area (Å²) in [4.78, 5) is 0. The minimum Gasteiger partial charge on any atom is -0.379 e. The van der Waals surface area contributed by atoms with Crippen molar-refractivity contribution in [2.75, 3.05) is 20.3 Å². The van der Waals surface area contributed by atoms with Crippen molar-refractivity contribution in [3.8, 4) is 0 Å². The number of hydrogen-bond acceptors (Lipinski definition) is 2. The van der Waals surface area contributed by atoms with Gasteiger partial charge in [-0.15, -0.1) is 0 Å². The summed E-state index contributed by atoms with van der Waals surface area (Å²) in [6.07, 6.45) is 4.96. The number of rotatable bonds is 3. The zero-order valence-electron chi connectivity index (χ0n) is 11.5. The molecule has 1 heterocycles. The van der Waals surface area contributed by atoms with Crippen molar-refractivity contribution in [3.05, 3.63) is 35.6 Å². The normalized spacial score (nSPS) is 29.8. The molecule has 104 valence electrons. The summed E-state index contributed by atoms with van der Waals surface area (Å²) in [7, 11) is 2.05. The van der Waals surface area contributed by atoms with Crippen LogP contribution in [-0.2, 0) is 10.2 Å². The Morgan fingerprint density at radius 3 is 2.21 bits per heavy atom. The molecule has 1 aromatic rings. The molecule has 0 atom stereocenters. The van der Waals surface area contributed by atoms with Gasteiger partial charge in [0.05, 0.1) is 13.2 Å². The van der Waals surface area contributed by atoms with E-state index in [1.807, 2.05) is 19.2 Å². The number of nitrogens with one attached hydrogen (secondary N) is 1. The number of hydrogen-bond donors (Lipinski definition) is 1. The maximum absolute atomic E-state index is 13.1. The quantitative estimate of drug-likeness (QED) is 0.905. The van der Waals surface area contributed by atoms with Gasteiger partial charge in [-0.2, -0.15) is 0 Å². The molecule has 1 N–H and O–H groups in total. The third-order valence-electron chi connectivity index (χ3n) is 5.06. The van der Waals surface area contributed by atoms with E-state index < -0.39 is 0 Å². The highest BCUT2D eigenvalue weighted by Gasteiger charge is 2.47. The van der Waals surface area contributed by atoms with Gasteiger partial charge in [0.25, 0.3) is 0 Å². The Hall–Kier alpha value is -0.930. The van der Waals surface area contributed by atoms with Gasteiger partial charge in [-0.05, 0) is 56.3 Å². The lowest BCUT2D eigenvalue weighted by Gasteiger charge is -2.50. The van der Waals surface area contributed by atoms with Crippen molar-refractivity contribution in [1.82, 2.24) is 5.32 Å². The minimum atomic E-state index is -0.155. The molecule has 3 heteroatoms. The van der Waals surface area contributed by atoms with Gasteiger partial charge in [0.2, 0.25) is 0 Å². The smallest absolute Gasteiger partial charge is 0.123 e. The molecule has 1 saturated carbocycles. The van der Waals surface area contributed by atoms with Crippen LogP contribution in [0, 0.1) is 11.7 Å². The topological polar surface area (TPSA) is 21.3 Å². The van der Waals surface area contributed by atoms with Gasteiger partial charge in [-0.1, -0.05) is 12.1 Å². The summed E-state index contributed by atoms with van der Waals surface area (Å²) in [6, 6.07) is 7.72. The number of benzene rings is 1. The fourth-order valence-electron chi connectivity index (χ4n) is 3.68. The van der Waals surface area contributed by atoms with E-state index in [0.29, 0.717) is 12.0 Å². The molecule has 1 aliphatic carbocycles. The third-order valence-corrected chi connectivity index (χ3v) is 5.06. The summed E-state index contributed by atoms with van der Waals surface area (Å²) in [5, 5.41) is 3.38. The first-order chi connectivity index (χ1) is 9.24. The molecule has 2 nitrogen and oxygen atoms in total. The van der Waals surface area contributed by atoms with Gasteiger partial charge < -0.3 is 10.1 Å². The summed E-state index contributed by atoms with van der Waals surface area (Å²) in [5.74, 6) is 0.523. The second kappa shape index (κ2) is 5.22. The van der Waals surface area contributed by atoms with Crippen LogP contribution in [0.5, 0.6) is 0 Å². The molecule has 0 spiro atoms. The molecule has 2 aliphatic rings. The standard InChI is InChI=1S/C16H22FNO/c1-18-15-8-4-13(5-9-15)16(10-19-11-16)12-2-6-14(17)7-3-12/h2-3,6-7,13,15,18H,4-5,8-11H2,1H3. The Labute approximate surface area is 114 Å². The van der Waals surface area contributed by atoms with Gasteiger partial charge in [0.15, 0.2) is 0 Å². The monoisotopic (exact) mass is 263 g/mol. The van der Waals surface area contributed by atoms with Gasteiger partial charge in [-0.3, -0.25) is 0 Å². The van der Waals surface area contributed by atoms with E-state index in [-0.39, 0.29) is 11.2 Å².